The minimum Gasteiger partial charge on any atom is -0.475 e. The van der Waals surface area contributed by atoms with Crippen molar-refractivity contribution in [2.45, 2.75) is 50.9 Å². The van der Waals surface area contributed by atoms with Crippen LogP contribution in [-0.2, 0) is 32.3 Å². The molecule has 2 aromatic rings. The van der Waals surface area contributed by atoms with E-state index >= 15 is 0 Å². The van der Waals surface area contributed by atoms with Crippen LogP contribution in [0.1, 0.15) is 30.4 Å². The normalized spacial score (nSPS) is 20.2. The number of benzene rings is 1. The maximum absolute atomic E-state index is 13.2. The third-order valence-electron chi connectivity index (χ3n) is 8.30. The Kier molecular flexibility index (Phi) is 14.3. The van der Waals surface area contributed by atoms with Crippen LogP contribution in [0.5, 0.6) is 0 Å². The largest absolute Gasteiger partial charge is 0.490 e. The number of carbonyl (C=O) groups is 4. The third kappa shape index (κ3) is 12.3. The summed E-state index contributed by atoms with van der Waals surface area (Å²) in [5.41, 5.74) is 2.12. The Morgan fingerprint density at radius 2 is 1.20 bits per heavy atom. The summed E-state index contributed by atoms with van der Waals surface area (Å²) in [6.07, 6.45) is -8.51. The fraction of sp³-hybridized carbons (Fsp3) is 0.500. The van der Waals surface area contributed by atoms with E-state index < -0.39 is 36.4 Å². The Labute approximate surface area is 282 Å². The van der Waals surface area contributed by atoms with Gasteiger partial charge in [0, 0.05) is 50.5 Å². The number of aromatic nitrogens is 1. The Hall–Kier alpha value is -4.53. The number of alkyl halides is 9. The van der Waals surface area contributed by atoms with Crippen molar-refractivity contribution in [2.24, 2.45) is 10.8 Å². The maximum atomic E-state index is 13.2. The standard InChI is InChI=1S/C24H29FN4O.3C2HF3O2/c25-21-5-3-19(4-6-21)15-28-12-8-23(9-13-28)17-29(16-20-2-1-10-26-14-20)18-24(23)7-11-27-22(24)30;3*3-2(4,5)1(6)7/h1-6,10,14H,7-9,11-13,15-18H2,(H,27,30);3*(H,6,7). The number of carboxylic acid groups (broad SMARTS) is 3. The smallest absolute Gasteiger partial charge is 0.475 e. The highest BCUT2D eigenvalue weighted by Crippen LogP contribution is 2.56. The highest BCUT2D eigenvalue weighted by atomic mass is 19.4. The Morgan fingerprint density at radius 3 is 1.59 bits per heavy atom. The Balaban J connectivity index is 0.000000352. The van der Waals surface area contributed by atoms with Gasteiger partial charge in [0.2, 0.25) is 5.91 Å². The number of fused-ring (bicyclic) bond motifs is 1. The molecule has 1 aromatic carbocycles. The van der Waals surface area contributed by atoms with Crippen LogP contribution in [0, 0.1) is 16.6 Å². The molecule has 1 unspecified atom stereocenters. The van der Waals surface area contributed by atoms with Gasteiger partial charge in [-0.2, -0.15) is 39.5 Å². The van der Waals surface area contributed by atoms with Crippen molar-refractivity contribution in [1.82, 2.24) is 20.1 Å². The molecular formula is C30H32F10N4O7. The fourth-order valence-corrected chi connectivity index (χ4v) is 6.00. The number of piperidine rings is 1. The van der Waals surface area contributed by atoms with Crippen LogP contribution in [0.25, 0.3) is 0 Å². The van der Waals surface area contributed by atoms with Crippen molar-refractivity contribution in [1.29, 1.82) is 0 Å². The number of hydrogen-bond donors (Lipinski definition) is 4. The van der Waals surface area contributed by atoms with Crippen molar-refractivity contribution in [3.63, 3.8) is 0 Å². The molecule has 3 saturated heterocycles. The summed E-state index contributed by atoms with van der Waals surface area (Å²) in [5.74, 6) is -8.21. The number of nitrogens with one attached hydrogen (secondary N) is 1. The van der Waals surface area contributed by atoms with Crippen LogP contribution in [0.2, 0.25) is 0 Å². The number of pyridine rings is 1. The summed E-state index contributed by atoms with van der Waals surface area (Å²) in [6, 6.07) is 10.9. The van der Waals surface area contributed by atoms with Crippen LogP contribution >= 0.6 is 0 Å². The van der Waals surface area contributed by atoms with Gasteiger partial charge >= 0.3 is 36.4 Å². The van der Waals surface area contributed by atoms with Gasteiger partial charge < -0.3 is 20.6 Å². The predicted molar refractivity (Wildman–Crippen MR) is 154 cm³/mol. The van der Waals surface area contributed by atoms with Crippen molar-refractivity contribution < 1.29 is 78.4 Å². The van der Waals surface area contributed by atoms with Crippen molar-refractivity contribution >= 4 is 23.8 Å². The van der Waals surface area contributed by atoms with E-state index in [4.69, 9.17) is 29.7 Å². The average molecular weight is 751 g/mol. The number of nitrogens with zero attached hydrogens (tertiary/aromatic N) is 3. The van der Waals surface area contributed by atoms with Crippen LogP contribution in [-0.4, -0.2) is 105 Å². The second-order valence-corrected chi connectivity index (χ2v) is 11.7. The molecule has 284 valence electrons. The molecule has 11 nitrogen and oxygen atoms in total. The van der Waals surface area contributed by atoms with Crippen molar-refractivity contribution in [3.8, 4) is 0 Å². The molecule has 5 rings (SSSR count). The molecule has 0 radical (unpaired) electrons. The first kappa shape index (κ1) is 42.6. The van der Waals surface area contributed by atoms with Crippen LogP contribution < -0.4 is 5.32 Å². The topological polar surface area (TPSA) is 160 Å². The quantitative estimate of drug-likeness (QED) is 0.322. The molecule has 0 saturated carbocycles. The molecule has 1 amide bonds. The summed E-state index contributed by atoms with van der Waals surface area (Å²) in [5, 5.41) is 24.5. The molecule has 0 bridgehead atoms. The summed E-state index contributed by atoms with van der Waals surface area (Å²) < 4.78 is 108. The zero-order valence-electron chi connectivity index (χ0n) is 26.3. The number of rotatable bonds is 4. The number of carbonyl (C=O) groups excluding carboxylic acids is 1. The summed E-state index contributed by atoms with van der Waals surface area (Å²) >= 11 is 0. The highest BCUT2D eigenvalue weighted by molar-refractivity contribution is 5.86. The molecule has 3 aliphatic heterocycles. The number of amides is 1. The lowest BCUT2D eigenvalue weighted by Gasteiger charge is -2.46. The lowest BCUT2D eigenvalue weighted by Crippen LogP contribution is -2.52. The summed E-state index contributed by atoms with van der Waals surface area (Å²) in [4.78, 5) is 48.9. The highest BCUT2D eigenvalue weighted by Gasteiger charge is 2.63. The number of hydrogen-bond acceptors (Lipinski definition) is 7. The molecule has 51 heavy (non-hydrogen) atoms. The molecular weight excluding hydrogens is 718 g/mol. The first-order valence-electron chi connectivity index (χ1n) is 14.7. The van der Waals surface area contributed by atoms with Crippen molar-refractivity contribution in [3.05, 3.63) is 65.7 Å². The van der Waals surface area contributed by atoms with Crippen molar-refractivity contribution in [2.75, 3.05) is 32.7 Å². The number of likely N-dealkylation sites (tertiary alicyclic amines) is 2. The van der Waals surface area contributed by atoms with Gasteiger partial charge in [-0.1, -0.05) is 18.2 Å². The SMILES string of the molecule is O=C(O)C(F)(F)F.O=C(O)C(F)(F)F.O=C(O)C(F)(F)F.O=C1NCCC12CN(Cc1cccnc1)CC21CCN(Cc2ccc(F)cc2)CC1. The molecule has 0 aliphatic carbocycles. The molecule has 1 aromatic heterocycles. The molecule has 2 spiro atoms. The second kappa shape index (κ2) is 17.1. The molecule has 4 N–H and O–H groups in total. The molecule has 1 atom stereocenters. The lowest BCUT2D eigenvalue weighted by atomic mass is 9.60. The minimum atomic E-state index is -5.08. The zero-order chi connectivity index (χ0) is 38.8. The van der Waals surface area contributed by atoms with E-state index in [1.165, 1.54) is 17.7 Å². The van der Waals surface area contributed by atoms with Gasteiger partial charge in [-0.05, 0) is 61.7 Å². The van der Waals surface area contributed by atoms with Gasteiger partial charge in [-0.25, -0.2) is 18.8 Å². The van der Waals surface area contributed by atoms with E-state index in [0.29, 0.717) is 0 Å². The minimum absolute atomic E-state index is 0.0368. The summed E-state index contributed by atoms with van der Waals surface area (Å²) in [6.45, 7) is 6.26. The number of aliphatic carboxylic acids is 3. The van der Waals surface area contributed by atoms with E-state index in [1.54, 1.807) is 6.20 Å². The molecule has 21 heteroatoms. The Morgan fingerprint density at radius 1 is 0.725 bits per heavy atom. The van der Waals surface area contributed by atoms with Gasteiger partial charge in [0.15, 0.2) is 0 Å². The Bertz CT molecular complexity index is 1420. The lowest BCUT2D eigenvalue weighted by molar-refractivity contribution is -0.193. The second-order valence-electron chi connectivity index (χ2n) is 11.7. The first-order chi connectivity index (χ1) is 23.4. The average Bonchev–Trinajstić information content (AvgIpc) is 3.54. The monoisotopic (exact) mass is 750 g/mol. The van der Waals surface area contributed by atoms with Gasteiger partial charge in [0.1, 0.15) is 5.82 Å². The zero-order valence-corrected chi connectivity index (χ0v) is 26.3. The van der Waals surface area contributed by atoms with E-state index in [9.17, 15) is 48.7 Å². The fourth-order valence-electron chi connectivity index (χ4n) is 6.00. The molecule has 3 fully saturated rings. The van der Waals surface area contributed by atoms with Gasteiger partial charge in [-0.15, -0.1) is 0 Å². The van der Waals surface area contributed by atoms with Gasteiger partial charge in [-0.3, -0.25) is 19.6 Å². The van der Waals surface area contributed by atoms with Gasteiger partial charge in [0.25, 0.3) is 0 Å². The van der Waals surface area contributed by atoms with E-state index in [1.807, 2.05) is 24.4 Å². The van der Waals surface area contributed by atoms with E-state index in [-0.39, 0.29) is 22.6 Å². The van der Waals surface area contributed by atoms with Crippen LogP contribution in [0.4, 0.5) is 43.9 Å². The first-order valence-corrected chi connectivity index (χ1v) is 14.7. The van der Waals surface area contributed by atoms with E-state index in [0.717, 1.165) is 70.6 Å². The maximum Gasteiger partial charge on any atom is 0.490 e. The predicted octanol–water partition coefficient (Wildman–Crippen LogP) is 4.72. The van der Waals surface area contributed by atoms with Crippen LogP contribution in [0.15, 0.2) is 48.8 Å². The van der Waals surface area contributed by atoms with Gasteiger partial charge in [0.05, 0.1) is 5.41 Å². The summed E-state index contributed by atoms with van der Waals surface area (Å²) in [7, 11) is 0. The third-order valence-corrected chi connectivity index (χ3v) is 8.30. The van der Waals surface area contributed by atoms with Crippen LogP contribution in [0.3, 0.4) is 0 Å². The van der Waals surface area contributed by atoms with E-state index in [2.05, 4.69) is 26.2 Å². The number of carboxylic acids is 3. The number of halogens is 10. The molecule has 3 aliphatic rings. The molecule has 4 heterocycles.